The summed E-state index contributed by atoms with van der Waals surface area (Å²) in [5.74, 6) is -2.88. The molecule has 1 aromatic carbocycles. The van der Waals surface area contributed by atoms with Crippen LogP contribution in [0.1, 0.15) is 43.7 Å². The SMILES string of the molecule is CCC(F)(F)c1ccc(N(c2cnccc2C)C2CCN(/C3=C/C=C(/C(F)(F)F)C=C=CC3)CC2)cc1. The molecule has 0 amide bonds. The Kier molecular flexibility index (Phi) is 7.88. The number of allylic oxidation sites excluding steroid dienone is 4. The zero-order chi connectivity index (χ0) is 26.6. The van der Waals surface area contributed by atoms with Crippen molar-refractivity contribution in [2.45, 2.75) is 57.7 Å². The summed E-state index contributed by atoms with van der Waals surface area (Å²) in [7, 11) is 0. The van der Waals surface area contributed by atoms with Crippen molar-refractivity contribution in [2.75, 3.05) is 18.0 Å². The van der Waals surface area contributed by atoms with E-state index in [0.29, 0.717) is 19.5 Å². The van der Waals surface area contributed by atoms with E-state index in [1.165, 1.54) is 19.1 Å². The van der Waals surface area contributed by atoms with E-state index < -0.39 is 17.7 Å². The van der Waals surface area contributed by atoms with Crippen LogP contribution in [0.25, 0.3) is 0 Å². The highest BCUT2D eigenvalue weighted by atomic mass is 19.4. The maximum Gasteiger partial charge on any atom is 0.417 e. The van der Waals surface area contributed by atoms with Gasteiger partial charge in [-0.3, -0.25) is 4.98 Å². The highest BCUT2D eigenvalue weighted by Crippen LogP contribution is 2.37. The van der Waals surface area contributed by atoms with E-state index in [1.807, 2.05) is 13.0 Å². The summed E-state index contributed by atoms with van der Waals surface area (Å²) in [4.78, 5) is 8.57. The van der Waals surface area contributed by atoms with Crippen LogP contribution in [-0.4, -0.2) is 35.2 Å². The summed E-state index contributed by atoms with van der Waals surface area (Å²) in [5.41, 5.74) is 5.44. The normalized spacial score (nSPS) is 20.0. The average molecular weight is 516 g/mol. The van der Waals surface area contributed by atoms with Gasteiger partial charge in [0.1, 0.15) is 0 Å². The lowest BCUT2D eigenvalue weighted by molar-refractivity contribution is -0.0881. The monoisotopic (exact) mass is 515 g/mol. The van der Waals surface area contributed by atoms with Gasteiger partial charge in [-0.05, 0) is 67.8 Å². The van der Waals surface area contributed by atoms with Crippen molar-refractivity contribution in [2.24, 2.45) is 0 Å². The minimum absolute atomic E-state index is 0.0129. The predicted molar refractivity (Wildman–Crippen MR) is 136 cm³/mol. The Morgan fingerprint density at radius 1 is 1.03 bits per heavy atom. The highest BCUT2D eigenvalue weighted by Gasteiger charge is 2.33. The van der Waals surface area contributed by atoms with E-state index in [2.05, 4.69) is 20.5 Å². The first-order valence-electron chi connectivity index (χ1n) is 12.4. The Morgan fingerprint density at radius 2 is 1.73 bits per heavy atom. The topological polar surface area (TPSA) is 19.4 Å². The molecule has 1 aliphatic heterocycles. The lowest BCUT2D eigenvalue weighted by Gasteiger charge is -2.41. The minimum Gasteiger partial charge on any atom is -0.374 e. The van der Waals surface area contributed by atoms with Gasteiger partial charge in [0.05, 0.1) is 17.5 Å². The molecule has 196 valence electrons. The summed E-state index contributed by atoms with van der Waals surface area (Å²) in [6, 6.07) is 8.42. The molecule has 0 saturated carbocycles. The Bertz CT molecular complexity index is 1210. The zero-order valence-corrected chi connectivity index (χ0v) is 20.9. The van der Waals surface area contributed by atoms with Crippen LogP contribution < -0.4 is 4.90 Å². The predicted octanol–water partition coefficient (Wildman–Crippen LogP) is 7.98. The molecule has 3 nitrogen and oxygen atoms in total. The van der Waals surface area contributed by atoms with Crippen LogP contribution in [0, 0.1) is 6.92 Å². The van der Waals surface area contributed by atoms with Crippen LogP contribution in [0.15, 0.2) is 84.0 Å². The van der Waals surface area contributed by atoms with E-state index in [-0.39, 0.29) is 18.0 Å². The fraction of sp³-hybridized carbons (Fsp3) is 0.379. The number of rotatable bonds is 6. The van der Waals surface area contributed by atoms with Crippen molar-refractivity contribution in [3.63, 3.8) is 0 Å². The molecule has 0 atom stereocenters. The number of anilines is 2. The molecule has 37 heavy (non-hydrogen) atoms. The molecule has 2 heterocycles. The molecule has 8 heteroatoms. The van der Waals surface area contributed by atoms with Gasteiger partial charge in [0.2, 0.25) is 0 Å². The number of benzene rings is 1. The third kappa shape index (κ3) is 6.13. The van der Waals surface area contributed by atoms with Crippen LogP contribution in [0.3, 0.4) is 0 Å². The largest absolute Gasteiger partial charge is 0.417 e. The van der Waals surface area contributed by atoms with Gasteiger partial charge >= 0.3 is 6.18 Å². The van der Waals surface area contributed by atoms with Gasteiger partial charge in [-0.1, -0.05) is 19.1 Å². The summed E-state index contributed by atoms with van der Waals surface area (Å²) in [6.07, 6.45) is 6.05. The van der Waals surface area contributed by atoms with Gasteiger partial charge in [-0.2, -0.15) is 13.2 Å². The van der Waals surface area contributed by atoms with Crippen molar-refractivity contribution >= 4 is 11.4 Å². The molecule has 2 aliphatic rings. The Hall–Kier alpha value is -3.38. The number of alkyl halides is 5. The van der Waals surface area contributed by atoms with Crippen molar-refractivity contribution < 1.29 is 22.0 Å². The summed E-state index contributed by atoms with van der Waals surface area (Å²) < 4.78 is 68.0. The minimum atomic E-state index is -4.43. The van der Waals surface area contributed by atoms with Gasteiger partial charge in [0.25, 0.3) is 5.92 Å². The number of aryl methyl sites for hydroxylation is 1. The third-order valence-corrected chi connectivity index (χ3v) is 6.97. The maximum absolute atomic E-state index is 14.2. The van der Waals surface area contributed by atoms with Crippen molar-refractivity contribution in [1.82, 2.24) is 9.88 Å². The van der Waals surface area contributed by atoms with Gasteiger partial charge in [-0.15, -0.1) is 5.73 Å². The molecular formula is C29H30F5N3. The number of halogens is 5. The Morgan fingerprint density at radius 3 is 2.35 bits per heavy atom. The molecule has 4 rings (SSSR count). The van der Waals surface area contributed by atoms with E-state index in [9.17, 15) is 22.0 Å². The average Bonchev–Trinajstić information content (AvgIpc) is 2.85. The first-order valence-corrected chi connectivity index (χ1v) is 12.4. The van der Waals surface area contributed by atoms with Crippen LogP contribution in [0.2, 0.25) is 0 Å². The smallest absolute Gasteiger partial charge is 0.374 e. The third-order valence-electron chi connectivity index (χ3n) is 6.97. The molecule has 1 fully saturated rings. The van der Waals surface area contributed by atoms with E-state index in [1.54, 1.807) is 36.7 Å². The second-order valence-electron chi connectivity index (χ2n) is 9.35. The Balaban J connectivity index is 1.57. The van der Waals surface area contributed by atoms with Gasteiger partial charge in [0, 0.05) is 55.1 Å². The number of likely N-dealkylation sites (tertiary alicyclic amines) is 1. The number of aromatic nitrogens is 1. The molecule has 0 spiro atoms. The molecule has 0 radical (unpaired) electrons. The van der Waals surface area contributed by atoms with Crippen LogP contribution in [0.4, 0.5) is 33.3 Å². The zero-order valence-electron chi connectivity index (χ0n) is 20.9. The van der Waals surface area contributed by atoms with Gasteiger partial charge in [0.15, 0.2) is 0 Å². The standard InChI is InChI=1S/C29H30F5N3/c1-3-28(30,31)22-8-12-25(13-9-22)37(27-20-35-17-14-21(27)2)26-15-18-36(19-16-26)24-7-5-4-6-23(10-11-24)29(32,33)34/h5-6,8-14,17,20,26H,3,7,15-16,18-19H2,1-2H3/b23-10+,24-11+. The molecule has 1 aliphatic carbocycles. The number of hydrogen-bond donors (Lipinski definition) is 0. The fourth-order valence-electron chi connectivity index (χ4n) is 4.76. The van der Waals surface area contributed by atoms with Crippen molar-refractivity contribution in [1.29, 1.82) is 0 Å². The van der Waals surface area contributed by atoms with Gasteiger partial charge < -0.3 is 9.80 Å². The summed E-state index contributed by atoms with van der Waals surface area (Å²) in [5, 5.41) is 0. The fourth-order valence-corrected chi connectivity index (χ4v) is 4.76. The van der Waals surface area contributed by atoms with Crippen LogP contribution >= 0.6 is 0 Å². The van der Waals surface area contributed by atoms with E-state index in [4.69, 9.17) is 0 Å². The number of piperidine rings is 1. The molecule has 1 saturated heterocycles. The molecule has 1 aromatic heterocycles. The van der Waals surface area contributed by atoms with Gasteiger partial charge in [-0.25, -0.2) is 8.78 Å². The second-order valence-corrected chi connectivity index (χ2v) is 9.35. The van der Waals surface area contributed by atoms with E-state index >= 15 is 0 Å². The lowest BCUT2D eigenvalue weighted by Crippen LogP contribution is -2.43. The number of pyridine rings is 1. The molecule has 2 aromatic rings. The lowest BCUT2D eigenvalue weighted by atomic mass is 9.98. The molecule has 0 unspecified atom stereocenters. The highest BCUT2D eigenvalue weighted by molar-refractivity contribution is 5.66. The molecule has 0 N–H and O–H groups in total. The van der Waals surface area contributed by atoms with Crippen molar-refractivity contribution in [3.8, 4) is 0 Å². The second kappa shape index (κ2) is 10.9. The number of hydrogen-bond acceptors (Lipinski definition) is 3. The molecule has 0 bridgehead atoms. The quantitative estimate of drug-likeness (QED) is 0.287. The molecular weight excluding hydrogens is 485 g/mol. The van der Waals surface area contributed by atoms with Crippen LogP contribution in [0.5, 0.6) is 0 Å². The van der Waals surface area contributed by atoms with E-state index in [0.717, 1.165) is 47.6 Å². The van der Waals surface area contributed by atoms with Crippen molar-refractivity contribution in [3.05, 3.63) is 95.2 Å². The first kappa shape index (κ1) is 26.7. The maximum atomic E-state index is 14.2. The summed E-state index contributed by atoms with van der Waals surface area (Å²) >= 11 is 0. The summed E-state index contributed by atoms with van der Waals surface area (Å²) in [6.45, 7) is 4.77. The number of nitrogens with zero attached hydrogens (tertiary/aromatic N) is 3. The Labute approximate surface area is 214 Å². The first-order chi connectivity index (χ1) is 17.6. The van der Waals surface area contributed by atoms with Crippen LogP contribution in [-0.2, 0) is 5.92 Å².